The summed E-state index contributed by atoms with van der Waals surface area (Å²) in [6.07, 6.45) is 6.75. The maximum atomic E-state index is 9.55. The lowest BCUT2D eigenvalue weighted by Gasteiger charge is -2.23. The van der Waals surface area contributed by atoms with Crippen molar-refractivity contribution in [1.29, 1.82) is 0 Å². The summed E-state index contributed by atoms with van der Waals surface area (Å²) in [5.41, 5.74) is 1.52. The van der Waals surface area contributed by atoms with E-state index in [9.17, 15) is 9.59 Å². The highest BCUT2D eigenvalue weighted by molar-refractivity contribution is 5.89. The van der Waals surface area contributed by atoms with Crippen LogP contribution in [0.5, 0.6) is 0 Å². The van der Waals surface area contributed by atoms with Crippen molar-refractivity contribution in [3.05, 3.63) is 48.0 Å². The number of aliphatic carboxylic acids is 2. The molecular weight excluding hydrogens is 282 g/mol. The highest BCUT2D eigenvalue weighted by Gasteiger charge is 2.36. The molecule has 22 heavy (non-hydrogen) atoms. The fourth-order valence-corrected chi connectivity index (χ4v) is 3.27. The zero-order valence-corrected chi connectivity index (χ0v) is 12.4. The Morgan fingerprint density at radius 3 is 2.23 bits per heavy atom. The maximum Gasteiger partial charge on any atom is 0.328 e. The van der Waals surface area contributed by atoms with Gasteiger partial charge in [0.25, 0.3) is 0 Å². The van der Waals surface area contributed by atoms with Crippen LogP contribution in [-0.4, -0.2) is 39.6 Å². The van der Waals surface area contributed by atoms with Gasteiger partial charge in [-0.2, -0.15) is 0 Å². The Bertz CT molecular complexity index is 525. The molecule has 2 fully saturated rings. The summed E-state index contributed by atoms with van der Waals surface area (Å²) in [6, 6.07) is 12.6. The Morgan fingerprint density at radius 1 is 1.00 bits per heavy atom. The van der Waals surface area contributed by atoms with Crippen LogP contribution in [-0.2, 0) is 9.59 Å². The van der Waals surface area contributed by atoms with E-state index < -0.39 is 11.9 Å². The molecular formula is C17H21NO4. The van der Waals surface area contributed by atoms with Crippen LogP contribution in [0, 0.1) is 0 Å². The highest BCUT2D eigenvalue weighted by Crippen LogP contribution is 2.40. The van der Waals surface area contributed by atoms with Crippen molar-refractivity contribution < 1.29 is 19.8 Å². The molecule has 5 nitrogen and oxygen atoms in total. The average Bonchev–Trinajstić information content (AvgIpc) is 3.09. The number of benzene rings is 1. The van der Waals surface area contributed by atoms with E-state index >= 15 is 0 Å². The van der Waals surface area contributed by atoms with Crippen molar-refractivity contribution >= 4 is 11.9 Å². The van der Waals surface area contributed by atoms with Gasteiger partial charge in [-0.3, -0.25) is 4.90 Å². The summed E-state index contributed by atoms with van der Waals surface area (Å²) in [5.74, 6) is -2.51. The third kappa shape index (κ3) is 4.43. The van der Waals surface area contributed by atoms with Gasteiger partial charge in [0.1, 0.15) is 0 Å². The zero-order chi connectivity index (χ0) is 15.9. The van der Waals surface area contributed by atoms with E-state index in [0.29, 0.717) is 12.2 Å². The molecule has 5 heteroatoms. The van der Waals surface area contributed by atoms with Crippen LogP contribution >= 0.6 is 0 Å². The lowest BCUT2D eigenvalue weighted by molar-refractivity contribution is -0.134. The molecule has 2 atom stereocenters. The predicted octanol–water partition coefficient (Wildman–Crippen LogP) is 2.70. The van der Waals surface area contributed by atoms with Crippen LogP contribution in [0.25, 0.3) is 0 Å². The molecule has 0 bridgehead atoms. The smallest absolute Gasteiger partial charge is 0.328 e. The topological polar surface area (TPSA) is 77.8 Å². The van der Waals surface area contributed by atoms with Gasteiger partial charge in [-0.1, -0.05) is 30.3 Å². The van der Waals surface area contributed by atoms with Gasteiger partial charge in [0, 0.05) is 24.2 Å². The van der Waals surface area contributed by atoms with E-state index in [0.717, 1.165) is 12.1 Å². The molecule has 2 saturated heterocycles. The number of hydrogen-bond acceptors (Lipinski definition) is 3. The van der Waals surface area contributed by atoms with Crippen LogP contribution < -0.4 is 0 Å². The van der Waals surface area contributed by atoms with Crippen molar-refractivity contribution in [2.75, 3.05) is 6.54 Å². The van der Waals surface area contributed by atoms with E-state index in [4.69, 9.17) is 10.2 Å². The molecule has 2 aliphatic heterocycles. The van der Waals surface area contributed by atoms with Gasteiger partial charge in [0.15, 0.2) is 0 Å². The van der Waals surface area contributed by atoms with Gasteiger partial charge in [0.2, 0.25) is 0 Å². The molecule has 0 amide bonds. The van der Waals surface area contributed by atoms with Crippen LogP contribution in [0.1, 0.15) is 37.3 Å². The average molecular weight is 303 g/mol. The molecule has 3 rings (SSSR count). The Labute approximate surface area is 129 Å². The van der Waals surface area contributed by atoms with Gasteiger partial charge in [-0.05, 0) is 37.8 Å². The van der Waals surface area contributed by atoms with Crippen molar-refractivity contribution in [2.45, 2.75) is 37.8 Å². The van der Waals surface area contributed by atoms with Crippen molar-refractivity contribution in [1.82, 2.24) is 4.90 Å². The molecule has 2 heterocycles. The van der Waals surface area contributed by atoms with E-state index in [-0.39, 0.29) is 0 Å². The number of carboxylic acids is 2. The molecule has 1 aromatic carbocycles. The fraction of sp³-hybridized carbons (Fsp3) is 0.412. The van der Waals surface area contributed by atoms with Gasteiger partial charge in [-0.15, -0.1) is 0 Å². The lowest BCUT2D eigenvalue weighted by atomic mass is 10.0. The van der Waals surface area contributed by atoms with E-state index in [1.54, 1.807) is 0 Å². The first-order valence-electron chi connectivity index (χ1n) is 7.52. The molecule has 0 aliphatic carbocycles. The first-order chi connectivity index (χ1) is 10.6. The standard InChI is InChI=1S/C13H17N.C4H4O4/c1-2-5-11(6-3-1)13-9-8-12-7-4-10-14(12)13;5-3(6)1-2-4(7)8/h1-3,5-6,12-13H,4,7-10H2;1-2H,(H,5,6)(H,7,8)/b;2-1+. The minimum absolute atomic E-state index is 0.558. The zero-order valence-electron chi connectivity index (χ0n) is 12.4. The molecule has 0 aromatic heterocycles. The van der Waals surface area contributed by atoms with Crippen molar-refractivity contribution in [2.24, 2.45) is 0 Å². The summed E-state index contributed by atoms with van der Waals surface area (Å²) in [5, 5.41) is 15.6. The Morgan fingerprint density at radius 2 is 1.64 bits per heavy atom. The third-order valence-corrected chi connectivity index (χ3v) is 4.15. The molecule has 1 aromatic rings. The van der Waals surface area contributed by atoms with Crippen LogP contribution in [0.3, 0.4) is 0 Å². The maximum absolute atomic E-state index is 9.55. The third-order valence-electron chi connectivity index (χ3n) is 4.15. The fourth-order valence-electron chi connectivity index (χ4n) is 3.27. The SMILES string of the molecule is O=C(O)/C=C/C(=O)O.c1ccc(C2CCC3CCCN32)cc1. The second kappa shape index (κ2) is 7.75. The van der Waals surface area contributed by atoms with Gasteiger partial charge < -0.3 is 10.2 Å². The number of rotatable bonds is 3. The molecule has 2 aliphatic rings. The number of nitrogens with zero attached hydrogens (tertiary/aromatic N) is 1. The highest BCUT2D eigenvalue weighted by atomic mass is 16.4. The summed E-state index contributed by atoms with van der Waals surface area (Å²) in [6.45, 7) is 1.32. The van der Waals surface area contributed by atoms with Gasteiger partial charge in [-0.25, -0.2) is 9.59 Å². The monoisotopic (exact) mass is 303 g/mol. The van der Waals surface area contributed by atoms with Crippen LogP contribution in [0.2, 0.25) is 0 Å². The largest absolute Gasteiger partial charge is 0.478 e. The minimum Gasteiger partial charge on any atom is -0.478 e. The van der Waals surface area contributed by atoms with Gasteiger partial charge >= 0.3 is 11.9 Å². The van der Waals surface area contributed by atoms with Crippen LogP contribution in [0.15, 0.2) is 42.5 Å². The normalized spacial score (nSPS) is 23.8. The molecule has 0 saturated carbocycles. The Hall–Kier alpha value is -2.14. The predicted molar refractivity (Wildman–Crippen MR) is 82.6 cm³/mol. The summed E-state index contributed by atoms with van der Waals surface area (Å²) < 4.78 is 0. The molecule has 118 valence electrons. The van der Waals surface area contributed by atoms with E-state index in [2.05, 4.69) is 35.2 Å². The lowest BCUT2D eigenvalue weighted by Crippen LogP contribution is -2.25. The summed E-state index contributed by atoms with van der Waals surface area (Å²) in [7, 11) is 0. The van der Waals surface area contributed by atoms with Crippen molar-refractivity contribution in [3.8, 4) is 0 Å². The quantitative estimate of drug-likeness (QED) is 0.839. The van der Waals surface area contributed by atoms with Crippen molar-refractivity contribution in [3.63, 3.8) is 0 Å². The summed E-state index contributed by atoms with van der Waals surface area (Å²) >= 11 is 0. The number of carbonyl (C=O) groups is 2. The Balaban J connectivity index is 0.000000192. The number of hydrogen-bond donors (Lipinski definition) is 2. The second-order valence-corrected chi connectivity index (χ2v) is 5.55. The summed E-state index contributed by atoms with van der Waals surface area (Å²) in [4.78, 5) is 21.8. The van der Waals surface area contributed by atoms with Crippen LogP contribution in [0.4, 0.5) is 0 Å². The van der Waals surface area contributed by atoms with E-state index in [1.807, 2.05) is 0 Å². The molecule has 0 radical (unpaired) electrons. The molecule has 0 spiro atoms. The first-order valence-corrected chi connectivity index (χ1v) is 7.52. The molecule has 2 unspecified atom stereocenters. The molecule has 2 N–H and O–H groups in total. The second-order valence-electron chi connectivity index (χ2n) is 5.55. The van der Waals surface area contributed by atoms with E-state index in [1.165, 1.54) is 37.8 Å². The van der Waals surface area contributed by atoms with Gasteiger partial charge in [0.05, 0.1) is 0 Å². The number of carboxylic acid groups (broad SMARTS) is 2. The Kier molecular flexibility index (Phi) is 5.72. The number of fused-ring (bicyclic) bond motifs is 1. The minimum atomic E-state index is -1.26. The first kappa shape index (κ1) is 16.2.